The van der Waals surface area contributed by atoms with Gasteiger partial charge in [-0.25, -0.2) is 0 Å². The molecule has 0 saturated carbocycles. The summed E-state index contributed by atoms with van der Waals surface area (Å²) < 4.78 is 17.6. The van der Waals surface area contributed by atoms with Crippen LogP contribution in [0, 0.1) is 0 Å². The topological polar surface area (TPSA) is 27.7 Å². The Bertz CT molecular complexity index is 267. The van der Waals surface area contributed by atoms with Gasteiger partial charge in [0.2, 0.25) is 0 Å². The Morgan fingerprint density at radius 1 is 1.00 bits per heavy atom. The van der Waals surface area contributed by atoms with Crippen LogP contribution in [-0.4, -0.2) is 28.6 Å². The quantitative estimate of drug-likeness (QED) is 0.643. The Kier molecular flexibility index (Phi) is 5.41. The fourth-order valence-electron chi connectivity index (χ4n) is 1.92. The molecule has 0 saturated heterocycles. The first kappa shape index (κ1) is 13.6. The lowest BCUT2D eigenvalue weighted by Gasteiger charge is -2.30. The highest BCUT2D eigenvalue weighted by molar-refractivity contribution is 6.70. The van der Waals surface area contributed by atoms with E-state index < -0.39 is 8.80 Å². The normalized spacial score (nSPS) is 16.2. The molecule has 4 heteroatoms. The largest absolute Gasteiger partial charge is 0.537 e. The highest BCUT2D eigenvalue weighted by atomic mass is 28.4. The van der Waals surface area contributed by atoms with Crippen LogP contribution in [-0.2, 0) is 13.3 Å². The van der Waals surface area contributed by atoms with E-state index in [1.165, 1.54) is 5.57 Å². The molecular formula is C12H22O3Si. The first-order valence-electron chi connectivity index (χ1n) is 5.99. The minimum Gasteiger partial charge on any atom is -0.370 e. The third-order valence-electron chi connectivity index (χ3n) is 2.50. The van der Waals surface area contributed by atoms with Crippen LogP contribution in [0.15, 0.2) is 22.9 Å². The summed E-state index contributed by atoms with van der Waals surface area (Å²) >= 11 is 0. The van der Waals surface area contributed by atoms with Gasteiger partial charge in [0.15, 0.2) is 0 Å². The zero-order valence-corrected chi connectivity index (χ0v) is 11.7. The molecule has 1 aliphatic carbocycles. The van der Waals surface area contributed by atoms with Crippen LogP contribution >= 0.6 is 0 Å². The Morgan fingerprint density at radius 2 is 1.50 bits per heavy atom. The first-order chi connectivity index (χ1) is 7.70. The Labute approximate surface area is 99.5 Å². The minimum absolute atomic E-state index is 0.622. The first-order valence-corrected chi connectivity index (χ1v) is 7.72. The maximum absolute atomic E-state index is 5.85. The highest BCUT2D eigenvalue weighted by Gasteiger charge is 2.46. The lowest BCUT2D eigenvalue weighted by atomic mass is 10.3. The molecule has 0 aromatic carbocycles. The lowest BCUT2D eigenvalue weighted by Crippen LogP contribution is -2.48. The van der Waals surface area contributed by atoms with Crippen molar-refractivity contribution in [3.63, 3.8) is 0 Å². The van der Waals surface area contributed by atoms with Crippen molar-refractivity contribution in [2.24, 2.45) is 0 Å². The van der Waals surface area contributed by atoms with Crippen LogP contribution < -0.4 is 0 Å². The zero-order valence-electron chi connectivity index (χ0n) is 10.7. The molecule has 0 aromatic rings. The van der Waals surface area contributed by atoms with Crippen molar-refractivity contribution >= 4 is 8.80 Å². The van der Waals surface area contributed by atoms with E-state index in [9.17, 15) is 0 Å². The predicted octanol–water partition coefficient (Wildman–Crippen LogP) is 2.85. The van der Waals surface area contributed by atoms with Crippen LogP contribution in [0.4, 0.5) is 0 Å². The molecule has 0 radical (unpaired) electrons. The molecule has 0 atom stereocenters. The molecule has 92 valence electrons. The van der Waals surface area contributed by atoms with Gasteiger partial charge in [0.1, 0.15) is 0 Å². The standard InChI is InChI=1S/C12H22O3Si/c1-5-13-16(14-6-2,15-7-3)12-10-8-9-11(12)4/h9-10H,5-8H2,1-4H3. The molecule has 0 unspecified atom stereocenters. The highest BCUT2D eigenvalue weighted by Crippen LogP contribution is 2.30. The second kappa shape index (κ2) is 6.35. The summed E-state index contributed by atoms with van der Waals surface area (Å²) in [5.41, 5.74) is 1.24. The van der Waals surface area contributed by atoms with Gasteiger partial charge in [-0.3, -0.25) is 0 Å². The van der Waals surface area contributed by atoms with Crippen molar-refractivity contribution in [1.82, 2.24) is 0 Å². The SMILES string of the molecule is CCO[Si](OCC)(OCC)C1=CCC=C1C. The van der Waals surface area contributed by atoms with Gasteiger partial charge < -0.3 is 13.3 Å². The van der Waals surface area contributed by atoms with Gasteiger partial charge in [0.05, 0.1) is 0 Å². The summed E-state index contributed by atoms with van der Waals surface area (Å²) in [6.07, 6.45) is 5.32. The molecule has 1 rings (SSSR count). The number of allylic oxidation sites excluding steroid dienone is 4. The molecule has 0 aliphatic heterocycles. The van der Waals surface area contributed by atoms with Crippen molar-refractivity contribution < 1.29 is 13.3 Å². The van der Waals surface area contributed by atoms with Crippen molar-refractivity contribution in [1.29, 1.82) is 0 Å². The van der Waals surface area contributed by atoms with Gasteiger partial charge in [-0.15, -0.1) is 0 Å². The van der Waals surface area contributed by atoms with Gasteiger partial charge in [-0.2, -0.15) is 0 Å². The zero-order chi connectivity index (χ0) is 12.0. The van der Waals surface area contributed by atoms with E-state index in [0.717, 1.165) is 11.6 Å². The molecular weight excluding hydrogens is 220 g/mol. The third kappa shape index (κ3) is 2.82. The summed E-state index contributed by atoms with van der Waals surface area (Å²) in [4.78, 5) is 0. The molecule has 0 aromatic heterocycles. The van der Waals surface area contributed by atoms with Crippen LogP contribution in [0.2, 0.25) is 0 Å². The van der Waals surface area contributed by atoms with Crippen LogP contribution in [0.5, 0.6) is 0 Å². The van der Waals surface area contributed by atoms with Crippen molar-refractivity contribution in [2.75, 3.05) is 19.8 Å². The van der Waals surface area contributed by atoms with Crippen molar-refractivity contribution in [2.45, 2.75) is 34.1 Å². The van der Waals surface area contributed by atoms with Gasteiger partial charge in [0.25, 0.3) is 0 Å². The lowest BCUT2D eigenvalue weighted by molar-refractivity contribution is 0.0815. The number of hydrogen-bond donors (Lipinski definition) is 0. The average molecular weight is 242 g/mol. The molecule has 16 heavy (non-hydrogen) atoms. The van der Waals surface area contributed by atoms with Gasteiger partial charge in [-0.05, 0) is 39.7 Å². The van der Waals surface area contributed by atoms with Gasteiger partial charge in [-0.1, -0.05) is 12.2 Å². The Balaban J connectivity index is 2.95. The molecule has 0 N–H and O–H groups in total. The fourth-order valence-corrected chi connectivity index (χ4v) is 4.73. The third-order valence-corrected chi connectivity index (χ3v) is 5.77. The molecule has 0 spiro atoms. The van der Waals surface area contributed by atoms with E-state index >= 15 is 0 Å². The van der Waals surface area contributed by atoms with Crippen LogP contribution in [0.3, 0.4) is 0 Å². The second-order valence-corrected chi connectivity index (χ2v) is 6.11. The molecule has 0 amide bonds. The summed E-state index contributed by atoms with van der Waals surface area (Å²) in [5, 5.41) is 1.15. The molecule has 0 fully saturated rings. The minimum atomic E-state index is -2.63. The molecule has 0 heterocycles. The van der Waals surface area contributed by atoms with E-state index in [1.807, 2.05) is 20.8 Å². The van der Waals surface area contributed by atoms with E-state index in [4.69, 9.17) is 13.3 Å². The molecule has 3 nitrogen and oxygen atoms in total. The number of rotatable bonds is 7. The summed E-state index contributed by atoms with van der Waals surface area (Å²) in [6, 6.07) is 0. The van der Waals surface area contributed by atoms with Crippen LogP contribution in [0.1, 0.15) is 34.1 Å². The Morgan fingerprint density at radius 3 is 1.81 bits per heavy atom. The van der Waals surface area contributed by atoms with Gasteiger partial charge >= 0.3 is 8.80 Å². The van der Waals surface area contributed by atoms with Crippen molar-refractivity contribution in [3.05, 3.63) is 22.9 Å². The van der Waals surface area contributed by atoms with Gasteiger partial charge in [0, 0.05) is 25.0 Å². The van der Waals surface area contributed by atoms with E-state index in [-0.39, 0.29) is 0 Å². The molecule has 1 aliphatic rings. The fraction of sp³-hybridized carbons (Fsp3) is 0.667. The maximum atomic E-state index is 5.85. The predicted molar refractivity (Wildman–Crippen MR) is 67.1 cm³/mol. The average Bonchev–Trinajstić information content (AvgIpc) is 2.66. The van der Waals surface area contributed by atoms with E-state index in [2.05, 4.69) is 19.1 Å². The summed E-state index contributed by atoms with van der Waals surface area (Å²) in [5.74, 6) is 0. The second-order valence-electron chi connectivity index (χ2n) is 3.60. The maximum Gasteiger partial charge on any atom is 0.537 e. The smallest absolute Gasteiger partial charge is 0.370 e. The van der Waals surface area contributed by atoms with Crippen LogP contribution in [0.25, 0.3) is 0 Å². The number of hydrogen-bond acceptors (Lipinski definition) is 3. The molecule has 0 bridgehead atoms. The van der Waals surface area contributed by atoms with E-state index in [1.54, 1.807) is 0 Å². The van der Waals surface area contributed by atoms with E-state index in [0.29, 0.717) is 19.8 Å². The Hall–Kier alpha value is -0.423. The summed E-state index contributed by atoms with van der Waals surface area (Å²) in [6.45, 7) is 9.90. The summed E-state index contributed by atoms with van der Waals surface area (Å²) in [7, 11) is -2.63. The monoisotopic (exact) mass is 242 g/mol. The van der Waals surface area contributed by atoms with Crippen molar-refractivity contribution in [3.8, 4) is 0 Å².